The summed E-state index contributed by atoms with van der Waals surface area (Å²) in [5, 5.41) is 9.18. The van der Waals surface area contributed by atoms with Crippen LogP contribution in [-0.2, 0) is 9.59 Å². The van der Waals surface area contributed by atoms with Crippen LogP contribution < -0.4 is 4.74 Å². The van der Waals surface area contributed by atoms with Crippen molar-refractivity contribution in [3.05, 3.63) is 35.9 Å². The van der Waals surface area contributed by atoms with Gasteiger partial charge in [0.25, 0.3) is 0 Å². The molecule has 0 radical (unpaired) electrons. The van der Waals surface area contributed by atoms with E-state index >= 15 is 0 Å². The van der Waals surface area contributed by atoms with Gasteiger partial charge in [0.05, 0.1) is 13.7 Å². The van der Waals surface area contributed by atoms with Gasteiger partial charge in [-0.1, -0.05) is 12.1 Å². The summed E-state index contributed by atoms with van der Waals surface area (Å²) in [6.45, 7) is 0.820. The fraction of sp³-hybridized carbons (Fsp3) is 0.500. The Morgan fingerprint density at radius 1 is 1.38 bits per heavy atom. The molecule has 6 heteroatoms. The number of amides is 2. The van der Waals surface area contributed by atoms with E-state index in [0.29, 0.717) is 13.0 Å². The highest BCUT2D eigenvalue weighted by molar-refractivity contribution is 5.94. The average Bonchev–Trinajstić information content (AvgIpc) is 2.66. The van der Waals surface area contributed by atoms with Crippen LogP contribution in [0.1, 0.15) is 31.2 Å². The number of aliphatic hydroxyl groups excluding tert-OH is 1. The molecular weight excluding hydrogens is 332 g/mol. The molecule has 1 fully saturated rings. The van der Waals surface area contributed by atoms with Crippen molar-refractivity contribution in [3.63, 3.8) is 0 Å². The maximum absolute atomic E-state index is 12.6. The summed E-state index contributed by atoms with van der Waals surface area (Å²) < 4.78 is 5.16. The highest BCUT2D eigenvalue weighted by atomic mass is 16.5. The first-order chi connectivity index (χ1) is 12.5. The molecule has 1 aromatic rings. The predicted octanol–water partition coefficient (Wildman–Crippen LogP) is 1.93. The Kier molecular flexibility index (Phi) is 7.66. The van der Waals surface area contributed by atoms with Crippen molar-refractivity contribution in [2.75, 3.05) is 33.9 Å². The SMILES string of the molecule is COc1cccc(/C=C/C(=O)N(C)CC(=O)N2CCCCC2CCO)c1. The standard InChI is InChI=1S/C20H28N2O4/c1-21(15-20(25)22-12-4-3-7-17(22)11-13-23)19(24)10-9-16-6-5-8-18(14-16)26-2/h5-6,8-10,14,17,23H,3-4,7,11-13,15H2,1-2H3/b10-9+. The van der Waals surface area contributed by atoms with Crippen molar-refractivity contribution in [2.45, 2.75) is 31.7 Å². The minimum Gasteiger partial charge on any atom is -0.497 e. The Morgan fingerprint density at radius 2 is 2.19 bits per heavy atom. The average molecular weight is 360 g/mol. The Labute approximate surface area is 155 Å². The van der Waals surface area contributed by atoms with Gasteiger partial charge in [0, 0.05) is 32.3 Å². The number of hydrogen-bond donors (Lipinski definition) is 1. The molecule has 0 aromatic heterocycles. The van der Waals surface area contributed by atoms with Gasteiger partial charge in [-0.2, -0.15) is 0 Å². The lowest BCUT2D eigenvalue weighted by Gasteiger charge is -2.36. The summed E-state index contributed by atoms with van der Waals surface area (Å²) >= 11 is 0. The molecule has 2 amide bonds. The van der Waals surface area contributed by atoms with Gasteiger partial charge in [-0.25, -0.2) is 0 Å². The molecule has 6 nitrogen and oxygen atoms in total. The molecule has 142 valence electrons. The molecule has 0 aliphatic carbocycles. The zero-order chi connectivity index (χ0) is 18.9. The van der Waals surface area contributed by atoms with E-state index in [1.807, 2.05) is 29.2 Å². The summed E-state index contributed by atoms with van der Waals surface area (Å²) in [5.74, 6) is 0.439. The number of likely N-dealkylation sites (N-methyl/N-ethyl adjacent to an activating group) is 1. The fourth-order valence-corrected chi connectivity index (χ4v) is 3.19. The van der Waals surface area contributed by atoms with E-state index in [-0.39, 0.29) is 31.0 Å². The molecule has 1 aliphatic rings. The molecule has 1 atom stereocenters. The summed E-state index contributed by atoms with van der Waals surface area (Å²) in [4.78, 5) is 28.1. The Hall–Kier alpha value is -2.34. The van der Waals surface area contributed by atoms with Gasteiger partial charge in [0.2, 0.25) is 11.8 Å². The van der Waals surface area contributed by atoms with E-state index in [1.54, 1.807) is 20.2 Å². The number of rotatable bonds is 7. The highest BCUT2D eigenvalue weighted by Gasteiger charge is 2.27. The van der Waals surface area contributed by atoms with E-state index in [2.05, 4.69) is 0 Å². The zero-order valence-corrected chi connectivity index (χ0v) is 15.6. The van der Waals surface area contributed by atoms with Crippen LogP contribution in [0.15, 0.2) is 30.3 Å². The number of methoxy groups -OCH3 is 1. The zero-order valence-electron chi connectivity index (χ0n) is 15.6. The molecule has 1 aliphatic heterocycles. The van der Waals surface area contributed by atoms with E-state index < -0.39 is 0 Å². The Morgan fingerprint density at radius 3 is 2.92 bits per heavy atom. The van der Waals surface area contributed by atoms with Crippen LogP contribution in [0.25, 0.3) is 6.08 Å². The van der Waals surface area contributed by atoms with E-state index in [0.717, 1.165) is 30.6 Å². The Balaban J connectivity index is 1.92. The largest absolute Gasteiger partial charge is 0.497 e. The van der Waals surface area contributed by atoms with Gasteiger partial charge in [-0.15, -0.1) is 0 Å². The van der Waals surface area contributed by atoms with Crippen LogP contribution in [0.5, 0.6) is 5.75 Å². The quantitative estimate of drug-likeness (QED) is 0.755. The number of aliphatic hydroxyl groups is 1. The first kappa shape index (κ1) is 20.0. The van der Waals surface area contributed by atoms with Gasteiger partial charge >= 0.3 is 0 Å². The molecule has 0 bridgehead atoms. The van der Waals surface area contributed by atoms with Gasteiger partial charge in [-0.3, -0.25) is 9.59 Å². The van der Waals surface area contributed by atoms with Crippen LogP contribution in [0.4, 0.5) is 0 Å². The molecule has 1 unspecified atom stereocenters. The topological polar surface area (TPSA) is 70.1 Å². The van der Waals surface area contributed by atoms with Gasteiger partial charge in [-0.05, 0) is 49.5 Å². The number of carbonyl (C=O) groups is 2. The third kappa shape index (κ3) is 5.59. The lowest BCUT2D eigenvalue weighted by molar-refractivity contribution is -0.140. The van der Waals surface area contributed by atoms with Crippen LogP contribution in [-0.4, -0.2) is 66.6 Å². The normalized spacial score (nSPS) is 17.3. The lowest BCUT2D eigenvalue weighted by atomic mass is 9.99. The maximum atomic E-state index is 12.6. The second-order valence-corrected chi connectivity index (χ2v) is 6.55. The molecule has 26 heavy (non-hydrogen) atoms. The number of likely N-dealkylation sites (tertiary alicyclic amines) is 1. The summed E-state index contributed by atoms with van der Waals surface area (Å²) in [6, 6.07) is 7.49. The van der Waals surface area contributed by atoms with Crippen LogP contribution in [0.2, 0.25) is 0 Å². The van der Waals surface area contributed by atoms with Gasteiger partial charge in [0.1, 0.15) is 5.75 Å². The third-order valence-electron chi connectivity index (χ3n) is 4.67. The molecule has 1 aromatic carbocycles. The fourth-order valence-electron chi connectivity index (χ4n) is 3.19. The molecular formula is C20H28N2O4. The minimum atomic E-state index is -0.225. The minimum absolute atomic E-state index is 0.0449. The monoisotopic (exact) mass is 360 g/mol. The molecule has 1 heterocycles. The van der Waals surface area contributed by atoms with E-state index in [1.165, 1.54) is 11.0 Å². The predicted molar refractivity (Wildman–Crippen MR) is 101 cm³/mol. The molecule has 1 saturated heterocycles. The number of benzene rings is 1. The number of carbonyl (C=O) groups excluding carboxylic acids is 2. The van der Waals surface area contributed by atoms with Crippen LogP contribution >= 0.6 is 0 Å². The van der Waals surface area contributed by atoms with Crippen molar-refractivity contribution in [3.8, 4) is 5.75 Å². The van der Waals surface area contributed by atoms with Gasteiger partial charge < -0.3 is 19.6 Å². The maximum Gasteiger partial charge on any atom is 0.246 e. The summed E-state index contributed by atoms with van der Waals surface area (Å²) in [5.41, 5.74) is 0.858. The first-order valence-electron chi connectivity index (χ1n) is 9.02. The number of piperidine rings is 1. The highest BCUT2D eigenvalue weighted by Crippen LogP contribution is 2.20. The van der Waals surface area contributed by atoms with Crippen molar-refractivity contribution in [2.24, 2.45) is 0 Å². The van der Waals surface area contributed by atoms with Crippen LogP contribution in [0.3, 0.4) is 0 Å². The smallest absolute Gasteiger partial charge is 0.246 e. The van der Waals surface area contributed by atoms with Crippen molar-refractivity contribution in [1.82, 2.24) is 9.80 Å². The van der Waals surface area contributed by atoms with Gasteiger partial charge in [0.15, 0.2) is 0 Å². The molecule has 0 saturated carbocycles. The van der Waals surface area contributed by atoms with Crippen molar-refractivity contribution < 1.29 is 19.4 Å². The first-order valence-corrected chi connectivity index (χ1v) is 9.02. The lowest BCUT2D eigenvalue weighted by Crippen LogP contribution is -2.48. The third-order valence-corrected chi connectivity index (χ3v) is 4.67. The number of nitrogens with zero attached hydrogens (tertiary/aromatic N) is 2. The second-order valence-electron chi connectivity index (χ2n) is 6.55. The summed E-state index contributed by atoms with van der Waals surface area (Å²) in [7, 11) is 3.22. The number of hydrogen-bond acceptors (Lipinski definition) is 4. The van der Waals surface area contributed by atoms with E-state index in [4.69, 9.17) is 4.74 Å². The molecule has 1 N–H and O–H groups in total. The van der Waals surface area contributed by atoms with E-state index in [9.17, 15) is 14.7 Å². The van der Waals surface area contributed by atoms with Crippen molar-refractivity contribution in [1.29, 1.82) is 0 Å². The van der Waals surface area contributed by atoms with Crippen molar-refractivity contribution >= 4 is 17.9 Å². The second kappa shape index (κ2) is 9.97. The Bertz CT molecular complexity index is 642. The van der Waals surface area contributed by atoms with Crippen LogP contribution in [0, 0.1) is 0 Å². The molecule has 0 spiro atoms. The molecule has 2 rings (SSSR count). The summed E-state index contributed by atoms with van der Waals surface area (Å²) in [6.07, 6.45) is 6.73. The number of ether oxygens (including phenoxy) is 1.